The predicted molar refractivity (Wildman–Crippen MR) is 66.3 cm³/mol. The Labute approximate surface area is 122 Å². The smallest absolute Gasteiger partial charge is 0 e. The van der Waals surface area contributed by atoms with E-state index in [4.69, 9.17) is 14.0 Å². The molecule has 0 aliphatic heterocycles. The maximum Gasteiger partial charge on any atom is 0 e. The Morgan fingerprint density at radius 3 is 0.722 bits per heavy atom. The molecule has 18 heavy (non-hydrogen) atoms. The van der Waals surface area contributed by atoms with E-state index in [9.17, 15) is 0 Å². The largest absolute Gasteiger partial charge is 0.358 e. The van der Waals surface area contributed by atoms with Crippen molar-refractivity contribution in [2.75, 3.05) is 0 Å². The molecule has 0 unspecified atom stereocenters. The fraction of sp³-hybridized carbons (Fsp3) is 0.429. The topological polar surface area (TPSA) is 59.7 Å². The molecule has 0 atom stereocenters. The molecular formula is C14H21FeO3-. The van der Waals surface area contributed by atoms with Crippen LogP contribution in [0.25, 0.3) is 0 Å². The fourth-order valence-corrected chi connectivity index (χ4v) is 0.750. The van der Waals surface area contributed by atoms with Crippen LogP contribution >= 0.6 is 0 Å². The Kier molecular flexibility index (Phi) is 59.7. The molecule has 0 fully saturated rings. The molecular weight excluding hydrogens is 272 g/mol. The molecule has 4 heteroatoms. The summed E-state index contributed by atoms with van der Waals surface area (Å²) in [4.78, 5) is 0. The summed E-state index contributed by atoms with van der Waals surface area (Å²) in [6, 6.07) is 0. The molecule has 104 valence electrons. The van der Waals surface area contributed by atoms with E-state index in [-0.39, 0.29) is 24.5 Å². The first kappa shape index (κ1) is 36.0. The van der Waals surface area contributed by atoms with Crippen LogP contribution < -0.4 is 0 Å². The van der Waals surface area contributed by atoms with Crippen molar-refractivity contribution in [2.24, 2.45) is 0 Å². The number of hydrogen-bond acceptors (Lipinski definition) is 0. The van der Waals surface area contributed by atoms with Crippen LogP contribution in [0.2, 0.25) is 0 Å². The van der Waals surface area contributed by atoms with Gasteiger partial charge in [0, 0.05) is 17.1 Å². The summed E-state index contributed by atoms with van der Waals surface area (Å²) >= 11 is 0. The minimum absolute atomic E-state index is 0. The average Bonchev–Trinajstić information content (AvgIpc) is 2.34. The van der Waals surface area contributed by atoms with Crippen LogP contribution in [0.5, 0.6) is 0 Å². The number of rotatable bonds is 1. The van der Waals surface area contributed by atoms with Crippen molar-refractivity contribution in [3.8, 4) is 0 Å². The molecule has 0 N–H and O–H groups in total. The third-order valence-corrected chi connectivity index (χ3v) is 2.06. The van der Waals surface area contributed by atoms with Gasteiger partial charge in [0.2, 0.25) is 0 Å². The molecule has 0 saturated carbocycles. The van der Waals surface area contributed by atoms with Crippen molar-refractivity contribution in [3.05, 3.63) is 49.7 Å². The summed E-state index contributed by atoms with van der Waals surface area (Å²) in [6.07, 6.45) is 0. The first-order chi connectivity index (χ1) is 7.46. The standard InChI is InChI=1S/C10H18.3CO.CH3.Fe/c1-7(2)9(5)10(6)8(3)4;3*1-2;;/h1-6H3;;;;1H3;/q;;;;-1;. The van der Waals surface area contributed by atoms with E-state index in [2.05, 4.69) is 61.5 Å². The third kappa shape index (κ3) is 24.4. The number of hydrogen-bond donors (Lipinski definition) is 0. The average molecular weight is 293 g/mol. The first-order valence-corrected chi connectivity index (χ1v) is 4.36. The Morgan fingerprint density at radius 1 is 0.556 bits per heavy atom. The third-order valence-electron chi connectivity index (χ3n) is 2.06. The molecule has 3 nitrogen and oxygen atoms in total. The predicted octanol–water partition coefficient (Wildman–Crippen LogP) is 4.03. The van der Waals surface area contributed by atoms with Gasteiger partial charge < -0.3 is 7.43 Å². The van der Waals surface area contributed by atoms with Crippen molar-refractivity contribution in [2.45, 2.75) is 41.5 Å². The Bertz CT molecular complexity index is 250. The molecule has 0 aliphatic rings. The van der Waals surface area contributed by atoms with Crippen molar-refractivity contribution in [1.29, 1.82) is 0 Å². The van der Waals surface area contributed by atoms with Crippen LogP contribution in [-0.4, -0.2) is 0 Å². The summed E-state index contributed by atoms with van der Waals surface area (Å²) in [5.41, 5.74) is 5.69. The van der Waals surface area contributed by atoms with Crippen LogP contribution in [-0.2, 0) is 31.0 Å². The fourth-order valence-electron chi connectivity index (χ4n) is 0.750. The van der Waals surface area contributed by atoms with Crippen LogP contribution in [0.15, 0.2) is 22.3 Å². The summed E-state index contributed by atoms with van der Waals surface area (Å²) in [5.74, 6) is 0. The van der Waals surface area contributed by atoms with Gasteiger partial charge in [-0.3, -0.25) is 0 Å². The summed E-state index contributed by atoms with van der Waals surface area (Å²) in [7, 11) is 0. The summed E-state index contributed by atoms with van der Waals surface area (Å²) in [6.45, 7) is 26.5. The zero-order chi connectivity index (χ0) is 14.3. The van der Waals surface area contributed by atoms with Gasteiger partial charge in [0.1, 0.15) is 0 Å². The van der Waals surface area contributed by atoms with E-state index >= 15 is 0 Å². The molecule has 0 aromatic carbocycles. The second kappa shape index (κ2) is 29.8. The normalized spacial score (nSPS) is 5.33. The zero-order valence-electron chi connectivity index (χ0n) is 12.1. The van der Waals surface area contributed by atoms with Crippen LogP contribution in [0.4, 0.5) is 0 Å². The maximum absolute atomic E-state index is 7.50. The minimum atomic E-state index is 0. The van der Waals surface area contributed by atoms with E-state index < -0.39 is 0 Å². The summed E-state index contributed by atoms with van der Waals surface area (Å²) in [5, 5.41) is 0. The second-order valence-corrected chi connectivity index (χ2v) is 3.25. The van der Waals surface area contributed by atoms with Crippen LogP contribution in [0.1, 0.15) is 41.5 Å². The van der Waals surface area contributed by atoms with Gasteiger partial charge in [0.15, 0.2) is 0 Å². The quantitative estimate of drug-likeness (QED) is 0.303. The van der Waals surface area contributed by atoms with Crippen LogP contribution in [0, 0.1) is 27.4 Å². The first-order valence-electron chi connectivity index (χ1n) is 4.36. The van der Waals surface area contributed by atoms with Gasteiger partial charge in [-0.2, -0.15) is 0 Å². The van der Waals surface area contributed by atoms with Gasteiger partial charge in [0.05, 0.1) is 0 Å². The van der Waals surface area contributed by atoms with Gasteiger partial charge >= 0.3 is 33.9 Å². The van der Waals surface area contributed by atoms with E-state index in [0.29, 0.717) is 0 Å². The molecule has 0 radical (unpaired) electrons. The van der Waals surface area contributed by atoms with Crippen LogP contribution in [0.3, 0.4) is 0 Å². The SMILES string of the molecule is CC(C)=C(C)C(C)=C(C)C.[C-]#[O+].[C-]#[O+].[C-]#[O+].[CH3-].[Fe]. The van der Waals surface area contributed by atoms with Crippen molar-refractivity contribution < 1.29 is 31.0 Å². The van der Waals surface area contributed by atoms with Crippen molar-refractivity contribution >= 4 is 0 Å². The summed E-state index contributed by atoms with van der Waals surface area (Å²) < 4.78 is 22.5. The molecule has 0 aromatic heterocycles. The van der Waals surface area contributed by atoms with Gasteiger partial charge in [-0.1, -0.05) is 11.1 Å². The maximum atomic E-state index is 7.50. The minimum Gasteiger partial charge on any atom is -0.358 e. The van der Waals surface area contributed by atoms with E-state index in [0.717, 1.165) is 0 Å². The Balaban J connectivity index is -0.0000000394. The second-order valence-electron chi connectivity index (χ2n) is 3.25. The molecule has 0 saturated heterocycles. The van der Waals surface area contributed by atoms with E-state index in [1.807, 2.05) is 0 Å². The van der Waals surface area contributed by atoms with Crippen molar-refractivity contribution in [3.63, 3.8) is 0 Å². The monoisotopic (exact) mass is 293 g/mol. The zero-order valence-corrected chi connectivity index (χ0v) is 13.2. The molecule has 0 bridgehead atoms. The van der Waals surface area contributed by atoms with E-state index in [1.165, 1.54) is 22.3 Å². The number of allylic oxidation sites excluding steroid dienone is 4. The molecule has 0 spiro atoms. The molecule has 0 heterocycles. The van der Waals surface area contributed by atoms with Gasteiger partial charge in [0.25, 0.3) is 0 Å². The van der Waals surface area contributed by atoms with Gasteiger partial charge in [-0.05, 0) is 52.7 Å². The van der Waals surface area contributed by atoms with Crippen molar-refractivity contribution in [1.82, 2.24) is 0 Å². The molecule has 0 amide bonds. The molecule has 0 aliphatic carbocycles. The molecule has 0 rings (SSSR count). The van der Waals surface area contributed by atoms with Gasteiger partial charge in [-0.25, -0.2) is 0 Å². The van der Waals surface area contributed by atoms with E-state index in [1.54, 1.807) is 0 Å². The molecule has 0 aromatic rings. The van der Waals surface area contributed by atoms with Gasteiger partial charge in [-0.15, -0.1) is 0 Å². The Hall–Kier alpha value is -0.781. The Morgan fingerprint density at radius 2 is 0.667 bits per heavy atom.